The highest BCUT2D eigenvalue weighted by Gasteiger charge is 2.32. The van der Waals surface area contributed by atoms with E-state index in [1.807, 2.05) is 24.3 Å². The van der Waals surface area contributed by atoms with Crippen molar-refractivity contribution in [1.82, 2.24) is 10.2 Å². The zero-order chi connectivity index (χ0) is 22.3. The van der Waals surface area contributed by atoms with Gasteiger partial charge in [0.15, 0.2) is 0 Å². The first kappa shape index (κ1) is 22.8. The van der Waals surface area contributed by atoms with Gasteiger partial charge in [-0.3, -0.25) is 9.59 Å². The predicted molar refractivity (Wildman–Crippen MR) is 129 cm³/mol. The van der Waals surface area contributed by atoms with Crippen LogP contribution in [0, 0.1) is 5.92 Å². The Morgan fingerprint density at radius 1 is 1.03 bits per heavy atom. The van der Waals surface area contributed by atoms with Gasteiger partial charge >= 0.3 is 0 Å². The second kappa shape index (κ2) is 11.0. The third-order valence-corrected chi connectivity index (χ3v) is 7.27. The number of carbonyl (C=O) groups excluding carboxylic acids is 2. The highest BCUT2D eigenvalue weighted by atomic mass is 16.2. The molecular weight excluding hydrogens is 400 g/mol. The van der Waals surface area contributed by atoms with E-state index in [-0.39, 0.29) is 11.8 Å². The van der Waals surface area contributed by atoms with E-state index in [9.17, 15) is 9.59 Å². The normalized spacial score (nSPS) is 22.6. The minimum absolute atomic E-state index is 0.0718. The monoisotopic (exact) mass is 438 g/mol. The van der Waals surface area contributed by atoms with Gasteiger partial charge in [-0.05, 0) is 43.7 Å². The van der Waals surface area contributed by atoms with Crippen LogP contribution in [0.4, 0.5) is 5.69 Å². The smallest absolute Gasteiger partial charge is 0.272 e. The summed E-state index contributed by atoms with van der Waals surface area (Å²) in [4.78, 5) is 34.8. The van der Waals surface area contributed by atoms with Crippen molar-refractivity contribution in [3.63, 3.8) is 0 Å². The molecule has 2 amide bonds. The summed E-state index contributed by atoms with van der Waals surface area (Å²) in [6.45, 7) is 1.88. The fourth-order valence-electron chi connectivity index (χ4n) is 5.38. The molecule has 6 heteroatoms. The van der Waals surface area contributed by atoms with Gasteiger partial charge in [-0.1, -0.05) is 57.1 Å². The lowest BCUT2D eigenvalue weighted by Gasteiger charge is -2.26. The van der Waals surface area contributed by atoms with E-state index >= 15 is 0 Å². The van der Waals surface area contributed by atoms with Crippen LogP contribution in [0.3, 0.4) is 0 Å². The molecule has 0 bridgehead atoms. The maximum atomic E-state index is 13.2. The molecule has 3 aliphatic rings. The number of fused-ring (bicyclic) bond motifs is 1. The lowest BCUT2D eigenvalue weighted by molar-refractivity contribution is -0.127. The first-order valence-electron chi connectivity index (χ1n) is 12.6. The van der Waals surface area contributed by atoms with Crippen LogP contribution in [0.1, 0.15) is 82.6 Å². The summed E-state index contributed by atoms with van der Waals surface area (Å²) in [5.41, 5.74) is 1.83. The number of likely N-dealkylation sites (tertiary alicyclic amines) is 1. The van der Waals surface area contributed by atoms with Crippen LogP contribution in [0.15, 0.2) is 29.3 Å². The zero-order valence-electron chi connectivity index (χ0n) is 19.5. The van der Waals surface area contributed by atoms with Crippen LogP contribution in [0.5, 0.6) is 0 Å². The number of amidine groups is 1. The number of aliphatic imine (C=N–C) groups is 1. The number of para-hydroxylation sites is 1. The van der Waals surface area contributed by atoms with Crippen molar-refractivity contribution in [3.05, 3.63) is 29.8 Å². The highest BCUT2D eigenvalue weighted by Crippen LogP contribution is 2.28. The fraction of sp³-hybridized carbons (Fsp3) is 0.654. The molecule has 1 aromatic rings. The second-order valence-electron chi connectivity index (χ2n) is 9.63. The van der Waals surface area contributed by atoms with E-state index in [0.717, 1.165) is 61.8 Å². The van der Waals surface area contributed by atoms with Gasteiger partial charge in [-0.2, -0.15) is 0 Å². The van der Waals surface area contributed by atoms with Crippen LogP contribution in [-0.2, 0) is 9.59 Å². The van der Waals surface area contributed by atoms with Crippen molar-refractivity contribution in [2.75, 3.05) is 25.0 Å². The molecule has 1 atom stereocenters. The fourth-order valence-corrected chi connectivity index (χ4v) is 5.38. The molecule has 1 saturated carbocycles. The van der Waals surface area contributed by atoms with E-state index in [2.05, 4.69) is 10.2 Å². The number of rotatable bonds is 5. The standard InChI is InChI=1S/C26H38N4O2/c1-29-22-16-8-7-15-21(22)25(30-18-9-2-3-10-19-30)28-24(26(29)32)27-23(31)17-11-14-20-12-5-4-6-13-20/h7-8,15-16,20,24H,2-6,9-14,17-19H2,1H3,(H,27,31). The van der Waals surface area contributed by atoms with Crippen LogP contribution in [0.2, 0.25) is 0 Å². The molecule has 1 aromatic carbocycles. The maximum Gasteiger partial charge on any atom is 0.272 e. The number of benzene rings is 1. The lowest BCUT2D eigenvalue weighted by Crippen LogP contribution is -2.46. The van der Waals surface area contributed by atoms with Gasteiger partial charge in [0.1, 0.15) is 5.84 Å². The first-order valence-corrected chi connectivity index (χ1v) is 12.6. The number of anilines is 1. The van der Waals surface area contributed by atoms with Gasteiger partial charge in [0, 0.05) is 32.1 Å². The van der Waals surface area contributed by atoms with E-state index in [1.54, 1.807) is 11.9 Å². The Balaban J connectivity index is 1.48. The van der Waals surface area contributed by atoms with E-state index in [4.69, 9.17) is 4.99 Å². The Hall–Kier alpha value is -2.37. The SMILES string of the molecule is CN1C(=O)C(NC(=O)CCCC2CCCCC2)N=C(N2CCCCCC2)c2ccccc21. The Labute approximate surface area is 192 Å². The summed E-state index contributed by atoms with van der Waals surface area (Å²) in [5.74, 6) is 1.36. The van der Waals surface area contributed by atoms with Crippen LogP contribution >= 0.6 is 0 Å². The number of hydrogen-bond acceptors (Lipinski definition) is 4. The molecule has 2 heterocycles. The van der Waals surface area contributed by atoms with Gasteiger partial charge in [0.25, 0.3) is 5.91 Å². The maximum absolute atomic E-state index is 13.2. The highest BCUT2D eigenvalue weighted by molar-refractivity contribution is 6.12. The number of carbonyl (C=O) groups is 2. The Morgan fingerprint density at radius 3 is 2.47 bits per heavy atom. The molecule has 2 aliphatic heterocycles. The van der Waals surface area contributed by atoms with Crippen molar-refractivity contribution in [2.45, 2.75) is 83.2 Å². The zero-order valence-corrected chi connectivity index (χ0v) is 19.5. The molecule has 1 saturated heterocycles. The van der Waals surface area contributed by atoms with Crippen molar-refractivity contribution >= 4 is 23.3 Å². The molecule has 1 N–H and O–H groups in total. The number of amides is 2. The Bertz CT molecular complexity index is 823. The van der Waals surface area contributed by atoms with Gasteiger partial charge in [0.05, 0.1) is 5.69 Å². The van der Waals surface area contributed by atoms with Gasteiger partial charge in [-0.15, -0.1) is 0 Å². The average molecular weight is 439 g/mol. The molecule has 174 valence electrons. The van der Waals surface area contributed by atoms with Gasteiger partial charge in [-0.25, -0.2) is 4.99 Å². The number of likely N-dealkylation sites (N-methyl/N-ethyl adjacent to an activating group) is 1. The Kier molecular flexibility index (Phi) is 7.82. The summed E-state index contributed by atoms with van der Waals surface area (Å²) in [6, 6.07) is 7.95. The van der Waals surface area contributed by atoms with Gasteiger partial charge in [0.2, 0.25) is 12.1 Å². The van der Waals surface area contributed by atoms with Gasteiger partial charge < -0.3 is 15.1 Å². The first-order chi connectivity index (χ1) is 15.6. The van der Waals surface area contributed by atoms with Crippen LogP contribution in [0.25, 0.3) is 0 Å². The molecule has 1 aliphatic carbocycles. The largest absolute Gasteiger partial charge is 0.356 e. The number of benzodiazepines with no additional fused rings is 1. The van der Waals surface area contributed by atoms with E-state index < -0.39 is 6.17 Å². The third-order valence-electron chi connectivity index (χ3n) is 7.27. The van der Waals surface area contributed by atoms with Crippen LogP contribution in [-0.4, -0.2) is 48.9 Å². The van der Waals surface area contributed by atoms with E-state index in [0.29, 0.717) is 6.42 Å². The number of nitrogens with one attached hydrogen (secondary N) is 1. The molecule has 0 radical (unpaired) electrons. The minimum Gasteiger partial charge on any atom is -0.356 e. The number of nitrogens with zero attached hydrogens (tertiary/aromatic N) is 3. The molecule has 32 heavy (non-hydrogen) atoms. The lowest BCUT2D eigenvalue weighted by atomic mass is 9.86. The predicted octanol–water partition coefficient (Wildman–Crippen LogP) is 4.48. The second-order valence-corrected chi connectivity index (χ2v) is 9.63. The molecular formula is C26H38N4O2. The Morgan fingerprint density at radius 2 is 1.72 bits per heavy atom. The minimum atomic E-state index is -0.868. The summed E-state index contributed by atoms with van der Waals surface area (Å²) in [6.07, 6.45) is 12.9. The molecule has 6 nitrogen and oxygen atoms in total. The topological polar surface area (TPSA) is 65.0 Å². The third kappa shape index (κ3) is 5.51. The summed E-state index contributed by atoms with van der Waals surface area (Å²) in [5, 5.41) is 2.95. The molecule has 2 fully saturated rings. The van der Waals surface area contributed by atoms with Crippen molar-refractivity contribution in [1.29, 1.82) is 0 Å². The number of hydrogen-bond donors (Lipinski definition) is 1. The van der Waals surface area contributed by atoms with Crippen LogP contribution < -0.4 is 10.2 Å². The molecule has 0 spiro atoms. The summed E-state index contributed by atoms with van der Waals surface area (Å²) >= 11 is 0. The van der Waals surface area contributed by atoms with E-state index in [1.165, 1.54) is 44.9 Å². The quantitative estimate of drug-likeness (QED) is 0.737. The molecule has 4 rings (SSSR count). The summed E-state index contributed by atoms with van der Waals surface area (Å²) in [7, 11) is 1.78. The molecule has 1 unspecified atom stereocenters. The molecule has 0 aromatic heterocycles. The van der Waals surface area contributed by atoms with Crippen molar-refractivity contribution in [2.24, 2.45) is 10.9 Å². The van der Waals surface area contributed by atoms with Crippen molar-refractivity contribution < 1.29 is 9.59 Å². The average Bonchev–Trinajstić information content (AvgIpc) is 3.15. The summed E-state index contributed by atoms with van der Waals surface area (Å²) < 4.78 is 0. The van der Waals surface area contributed by atoms with Crippen molar-refractivity contribution in [3.8, 4) is 0 Å².